The molecule has 1 unspecified atom stereocenters. The number of imide groups is 1. The minimum atomic E-state index is -1.08. The fourth-order valence-corrected chi connectivity index (χ4v) is 4.17. The van der Waals surface area contributed by atoms with E-state index in [2.05, 4.69) is 5.32 Å². The molecule has 0 spiro atoms. The second-order valence-corrected chi connectivity index (χ2v) is 9.02. The molecule has 8 heteroatoms. The van der Waals surface area contributed by atoms with Gasteiger partial charge in [0, 0.05) is 10.7 Å². The average molecular weight is 505 g/mol. The van der Waals surface area contributed by atoms with E-state index in [1.54, 1.807) is 24.3 Å². The number of halogens is 1. The summed E-state index contributed by atoms with van der Waals surface area (Å²) in [5, 5.41) is 3.40. The molecule has 1 atom stereocenters. The number of nitrogens with one attached hydrogen (secondary N) is 1. The highest BCUT2D eigenvalue weighted by molar-refractivity contribution is 6.30. The van der Waals surface area contributed by atoms with Crippen molar-refractivity contribution in [3.8, 4) is 0 Å². The van der Waals surface area contributed by atoms with Gasteiger partial charge in [0.25, 0.3) is 17.7 Å². The van der Waals surface area contributed by atoms with Crippen molar-refractivity contribution in [1.82, 2.24) is 4.90 Å². The number of aryl methyl sites for hydroxylation is 2. The van der Waals surface area contributed by atoms with Crippen LogP contribution in [0.5, 0.6) is 0 Å². The molecular weight excluding hydrogens is 480 g/mol. The standard InChI is InChI=1S/C28H25ClN2O5/c1-4-19-7-5-6-16(2)24(19)30-25(32)17(3)36-28(35)20-10-13-22-23(14-20)27(34)31(26(22)33)15-18-8-11-21(29)12-9-18/h5-14,17H,4,15H2,1-3H3,(H,30,32). The van der Waals surface area contributed by atoms with Crippen LogP contribution in [0.25, 0.3) is 0 Å². The van der Waals surface area contributed by atoms with Crippen LogP contribution in [0.15, 0.2) is 60.7 Å². The molecule has 3 amide bonds. The van der Waals surface area contributed by atoms with Crippen molar-refractivity contribution < 1.29 is 23.9 Å². The second kappa shape index (κ2) is 10.3. The lowest BCUT2D eigenvalue weighted by Gasteiger charge is -2.17. The van der Waals surface area contributed by atoms with Gasteiger partial charge in [0.2, 0.25) is 0 Å². The molecule has 36 heavy (non-hydrogen) atoms. The maximum atomic E-state index is 12.9. The van der Waals surface area contributed by atoms with Gasteiger partial charge >= 0.3 is 5.97 Å². The summed E-state index contributed by atoms with van der Waals surface area (Å²) in [6.07, 6.45) is -0.337. The van der Waals surface area contributed by atoms with Gasteiger partial charge in [0.05, 0.1) is 23.2 Å². The number of rotatable bonds is 7. The molecule has 0 saturated heterocycles. The van der Waals surface area contributed by atoms with Crippen LogP contribution in [-0.4, -0.2) is 34.7 Å². The third-order valence-electron chi connectivity index (χ3n) is 6.10. The van der Waals surface area contributed by atoms with Crippen molar-refractivity contribution in [3.63, 3.8) is 0 Å². The van der Waals surface area contributed by atoms with Gasteiger partial charge in [-0.3, -0.25) is 19.3 Å². The van der Waals surface area contributed by atoms with E-state index >= 15 is 0 Å². The van der Waals surface area contributed by atoms with E-state index in [0.29, 0.717) is 10.7 Å². The van der Waals surface area contributed by atoms with Crippen molar-refractivity contribution in [3.05, 3.63) is 99.1 Å². The van der Waals surface area contributed by atoms with Gasteiger partial charge in [-0.15, -0.1) is 0 Å². The van der Waals surface area contributed by atoms with Crippen LogP contribution in [0.3, 0.4) is 0 Å². The Hall–Kier alpha value is -3.97. The minimum absolute atomic E-state index is 0.0769. The number of esters is 1. The van der Waals surface area contributed by atoms with Crippen LogP contribution in [0.4, 0.5) is 5.69 Å². The third-order valence-corrected chi connectivity index (χ3v) is 6.35. The molecule has 3 aromatic carbocycles. The van der Waals surface area contributed by atoms with Crippen molar-refractivity contribution >= 4 is 41.0 Å². The summed E-state index contributed by atoms with van der Waals surface area (Å²) >= 11 is 5.91. The molecule has 1 aliphatic rings. The normalized spacial score (nSPS) is 13.4. The number of fused-ring (bicyclic) bond motifs is 1. The van der Waals surface area contributed by atoms with Crippen LogP contribution in [-0.2, 0) is 22.5 Å². The average Bonchev–Trinajstić information content (AvgIpc) is 3.10. The number of hydrogen-bond acceptors (Lipinski definition) is 5. The van der Waals surface area contributed by atoms with Gasteiger partial charge in [-0.2, -0.15) is 0 Å². The topological polar surface area (TPSA) is 92.8 Å². The molecule has 0 aliphatic carbocycles. The molecule has 0 aromatic heterocycles. The summed E-state index contributed by atoms with van der Waals surface area (Å²) in [5.41, 5.74) is 3.74. The smallest absolute Gasteiger partial charge is 0.338 e. The monoisotopic (exact) mass is 504 g/mol. The quantitative estimate of drug-likeness (QED) is 0.353. The molecule has 0 radical (unpaired) electrons. The maximum Gasteiger partial charge on any atom is 0.338 e. The highest BCUT2D eigenvalue weighted by Crippen LogP contribution is 2.27. The summed E-state index contributed by atoms with van der Waals surface area (Å²) < 4.78 is 5.37. The van der Waals surface area contributed by atoms with Crippen LogP contribution in [0, 0.1) is 6.92 Å². The Labute approximate surface area is 214 Å². The first-order chi connectivity index (χ1) is 17.2. The van der Waals surface area contributed by atoms with Gasteiger partial charge in [-0.1, -0.05) is 48.9 Å². The Kier molecular flexibility index (Phi) is 7.22. The van der Waals surface area contributed by atoms with Gasteiger partial charge in [0.15, 0.2) is 6.10 Å². The number of para-hydroxylation sites is 1. The van der Waals surface area contributed by atoms with Crippen molar-refractivity contribution in [2.75, 3.05) is 5.32 Å². The lowest BCUT2D eigenvalue weighted by Crippen LogP contribution is -2.30. The third kappa shape index (κ3) is 5.02. The van der Waals surface area contributed by atoms with Gasteiger partial charge in [-0.25, -0.2) is 4.79 Å². The van der Waals surface area contributed by atoms with E-state index < -0.39 is 29.8 Å². The fraction of sp³-hybridized carbons (Fsp3) is 0.214. The van der Waals surface area contributed by atoms with E-state index in [-0.39, 0.29) is 23.2 Å². The van der Waals surface area contributed by atoms with Crippen LogP contribution in [0.1, 0.15) is 61.6 Å². The molecule has 184 valence electrons. The Morgan fingerprint density at radius 3 is 2.39 bits per heavy atom. The van der Waals surface area contributed by atoms with E-state index in [0.717, 1.165) is 28.0 Å². The van der Waals surface area contributed by atoms with Gasteiger partial charge < -0.3 is 10.1 Å². The first kappa shape index (κ1) is 25.1. The molecule has 4 rings (SSSR count). The SMILES string of the molecule is CCc1cccc(C)c1NC(=O)C(C)OC(=O)c1ccc2c(c1)C(=O)N(Cc1ccc(Cl)cc1)C2=O. The largest absolute Gasteiger partial charge is 0.449 e. The number of anilines is 1. The summed E-state index contributed by atoms with van der Waals surface area (Å²) in [6.45, 7) is 5.45. The highest BCUT2D eigenvalue weighted by atomic mass is 35.5. The zero-order valence-electron chi connectivity index (χ0n) is 20.1. The lowest BCUT2D eigenvalue weighted by molar-refractivity contribution is -0.123. The Bertz CT molecular complexity index is 1370. The maximum absolute atomic E-state index is 12.9. The molecule has 1 N–H and O–H groups in total. The summed E-state index contributed by atoms with van der Waals surface area (Å²) in [6, 6.07) is 16.8. The van der Waals surface area contributed by atoms with E-state index in [9.17, 15) is 19.2 Å². The zero-order valence-corrected chi connectivity index (χ0v) is 20.9. The van der Waals surface area contributed by atoms with E-state index in [4.69, 9.17) is 16.3 Å². The number of carbonyl (C=O) groups is 4. The van der Waals surface area contributed by atoms with E-state index in [1.165, 1.54) is 25.1 Å². The number of carbonyl (C=O) groups excluding carboxylic acids is 4. The van der Waals surface area contributed by atoms with Gasteiger partial charge in [0.1, 0.15) is 0 Å². The van der Waals surface area contributed by atoms with Crippen LogP contribution < -0.4 is 5.32 Å². The number of benzene rings is 3. The summed E-state index contributed by atoms with van der Waals surface area (Å²) in [5.74, 6) is -2.18. The van der Waals surface area contributed by atoms with Crippen molar-refractivity contribution in [2.24, 2.45) is 0 Å². The lowest BCUT2D eigenvalue weighted by atomic mass is 10.1. The molecule has 0 bridgehead atoms. The van der Waals surface area contributed by atoms with Gasteiger partial charge in [-0.05, 0) is 67.3 Å². The molecule has 0 fully saturated rings. The van der Waals surface area contributed by atoms with Crippen molar-refractivity contribution in [1.29, 1.82) is 0 Å². The van der Waals surface area contributed by atoms with E-state index in [1.807, 2.05) is 32.0 Å². The molecular formula is C28H25ClN2O5. The number of ether oxygens (including phenoxy) is 1. The number of nitrogens with zero attached hydrogens (tertiary/aromatic N) is 1. The predicted octanol–water partition coefficient (Wildman–Crippen LogP) is 5.19. The first-order valence-electron chi connectivity index (χ1n) is 11.5. The molecule has 3 aromatic rings. The Balaban J connectivity index is 1.46. The fourth-order valence-electron chi connectivity index (χ4n) is 4.04. The Morgan fingerprint density at radius 2 is 1.69 bits per heavy atom. The highest BCUT2D eigenvalue weighted by Gasteiger charge is 2.36. The molecule has 1 heterocycles. The Morgan fingerprint density at radius 1 is 1.00 bits per heavy atom. The predicted molar refractivity (Wildman–Crippen MR) is 136 cm³/mol. The first-order valence-corrected chi connectivity index (χ1v) is 11.9. The zero-order chi connectivity index (χ0) is 26.0. The second-order valence-electron chi connectivity index (χ2n) is 8.58. The summed E-state index contributed by atoms with van der Waals surface area (Å²) in [4.78, 5) is 52.3. The minimum Gasteiger partial charge on any atom is -0.449 e. The van der Waals surface area contributed by atoms with Crippen LogP contribution in [0.2, 0.25) is 5.02 Å². The molecule has 0 saturated carbocycles. The molecule has 7 nitrogen and oxygen atoms in total. The van der Waals surface area contributed by atoms with Crippen LogP contribution >= 0.6 is 11.6 Å². The number of amides is 3. The van der Waals surface area contributed by atoms with Crippen molar-refractivity contribution in [2.45, 2.75) is 39.8 Å². The number of hydrogen-bond donors (Lipinski definition) is 1. The molecule has 1 aliphatic heterocycles. The summed E-state index contributed by atoms with van der Waals surface area (Å²) in [7, 11) is 0.